The van der Waals surface area contributed by atoms with E-state index in [1.54, 1.807) is 0 Å². The average molecular weight is 273 g/mol. The minimum Gasteiger partial charge on any atom is -0.377 e. The first-order chi connectivity index (χ1) is 7.18. The summed E-state index contributed by atoms with van der Waals surface area (Å²) in [5.74, 6) is -0.0299. The van der Waals surface area contributed by atoms with Gasteiger partial charge in [0.2, 0.25) is 0 Å². The Morgan fingerprint density at radius 2 is 2.13 bits per heavy atom. The SMILES string of the molecule is FC1(Br)COCC1CCc1ccccc1. The molecule has 82 valence electrons. The predicted molar refractivity (Wildman–Crippen MR) is 61.8 cm³/mol. The molecular formula is C12H14BrFO. The molecule has 15 heavy (non-hydrogen) atoms. The fourth-order valence-electron chi connectivity index (χ4n) is 1.86. The Labute approximate surface area is 97.8 Å². The predicted octanol–water partition coefficient (Wildman–Crippen LogP) is 3.33. The molecule has 1 heterocycles. The lowest BCUT2D eigenvalue weighted by Crippen LogP contribution is -2.24. The first-order valence-corrected chi connectivity index (χ1v) is 5.97. The molecule has 1 aliphatic rings. The molecule has 0 aromatic heterocycles. The Kier molecular flexibility index (Phi) is 3.42. The van der Waals surface area contributed by atoms with E-state index in [1.165, 1.54) is 5.56 Å². The van der Waals surface area contributed by atoms with Crippen molar-refractivity contribution in [2.75, 3.05) is 13.2 Å². The van der Waals surface area contributed by atoms with E-state index in [0.29, 0.717) is 6.61 Å². The molecule has 0 amide bonds. The van der Waals surface area contributed by atoms with E-state index in [4.69, 9.17) is 4.74 Å². The molecule has 0 bridgehead atoms. The van der Waals surface area contributed by atoms with Crippen molar-refractivity contribution < 1.29 is 9.13 Å². The lowest BCUT2D eigenvalue weighted by Gasteiger charge is -2.18. The second-order valence-electron chi connectivity index (χ2n) is 4.00. The minimum atomic E-state index is -1.32. The van der Waals surface area contributed by atoms with Crippen LogP contribution in [0.1, 0.15) is 12.0 Å². The summed E-state index contributed by atoms with van der Waals surface area (Å²) in [6, 6.07) is 10.2. The van der Waals surface area contributed by atoms with Gasteiger partial charge in [-0.2, -0.15) is 0 Å². The van der Waals surface area contributed by atoms with E-state index in [1.807, 2.05) is 18.2 Å². The van der Waals surface area contributed by atoms with E-state index >= 15 is 0 Å². The summed E-state index contributed by atoms with van der Waals surface area (Å²) in [6.45, 7) is 0.695. The maximum Gasteiger partial charge on any atom is 0.193 e. The molecule has 1 aliphatic heterocycles. The lowest BCUT2D eigenvalue weighted by molar-refractivity contribution is 0.165. The number of ether oxygens (including phenoxy) is 1. The minimum absolute atomic E-state index is 0.0299. The van der Waals surface area contributed by atoms with Gasteiger partial charge in [-0.3, -0.25) is 0 Å². The third-order valence-electron chi connectivity index (χ3n) is 2.84. The summed E-state index contributed by atoms with van der Waals surface area (Å²) in [5.41, 5.74) is 1.26. The molecule has 3 heteroatoms. The van der Waals surface area contributed by atoms with Gasteiger partial charge in [-0.15, -0.1) is 0 Å². The Bertz CT molecular complexity index is 313. The summed E-state index contributed by atoms with van der Waals surface area (Å²) in [7, 11) is 0. The molecule has 1 nitrogen and oxygen atoms in total. The van der Waals surface area contributed by atoms with Crippen molar-refractivity contribution >= 4 is 15.9 Å². The topological polar surface area (TPSA) is 9.23 Å². The van der Waals surface area contributed by atoms with Gasteiger partial charge in [-0.25, -0.2) is 4.39 Å². The molecule has 1 saturated heterocycles. The van der Waals surface area contributed by atoms with Gasteiger partial charge >= 0.3 is 0 Å². The van der Waals surface area contributed by atoms with E-state index in [2.05, 4.69) is 28.1 Å². The van der Waals surface area contributed by atoms with Crippen LogP contribution in [0.5, 0.6) is 0 Å². The van der Waals surface area contributed by atoms with Crippen molar-refractivity contribution in [1.29, 1.82) is 0 Å². The second kappa shape index (κ2) is 4.62. The van der Waals surface area contributed by atoms with Crippen molar-refractivity contribution in [3.8, 4) is 0 Å². The van der Waals surface area contributed by atoms with Crippen LogP contribution in [0.15, 0.2) is 30.3 Å². The number of alkyl halides is 2. The van der Waals surface area contributed by atoms with Gasteiger partial charge in [-0.1, -0.05) is 30.3 Å². The molecule has 2 unspecified atom stereocenters. The standard InChI is InChI=1S/C12H14BrFO/c13-12(14)9-15-8-11(12)7-6-10-4-2-1-3-5-10/h1-5,11H,6-9H2. The fraction of sp³-hybridized carbons (Fsp3) is 0.500. The van der Waals surface area contributed by atoms with Crippen LogP contribution in [0.3, 0.4) is 0 Å². The van der Waals surface area contributed by atoms with Gasteiger partial charge in [0.15, 0.2) is 4.58 Å². The zero-order chi connectivity index (χ0) is 10.7. The van der Waals surface area contributed by atoms with Crippen molar-refractivity contribution in [1.82, 2.24) is 0 Å². The fourth-order valence-corrected chi connectivity index (χ4v) is 2.38. The Balaban J connectivity index is 1.89. The third kappa shape index (κ3) is 2.79. The first-order valence-electron chi connectivity index (χ1n) is 5.18. The normalized spacial score (nSPS) is 30.7. The molecule has 0 aliphatic carbocycles. The van der Waals surface area contributed by atoms with Gasteiger partial charge in [0.1, 0.15) is 0 Å². The molecule has 1 fully saturated rings. The van der Waals surface area contributed by atoms with Gasteiger partial charge in [0.05, 0.1) is 13.2 Å². The molecule has 2 rings (SSSR count). The third-order valence-corrected chi connectivity index (χ3v) is 3.71. The van der Waals surface area contributed by atoms with E-state index in [-0.39, 0.29) is 12.5 Å². The smallest absolute Gasteiger partial charge is 0.193 e. The van der Waals surface area contributed by atoms with Gasteiger partial charge in [-0.05, 0) is 34.3 Å². The average Bonchev–Trinajstić information content (AvgIpc) is 2.56. The second-order valence-corrected chi connectivity index (χ2v) is 5.32. The number of aryl methyl sites for hydroxylation is 1. The van der Waals surface area contributed by atoms with Crippen LogP contribution < -0.4 is 0 Å². The quantitative estimate of drug-likeness (QED) is 0.767. The number of halogens is 2. The van der Waals surface area contributed by atoms with Crippen molar-refractivity contribution in [3.63, 3.8) is 0 Å². The highest BCUT2D eigenvalue weighted by molar-refractivity contribution is 9.10. The Hall–Kier alpha value is -0.410. The van der Waals surface area contributed by atoms with Gasteiger partial charge in [0, 0.05) is 5.92 Å². The van der Waals surface area contributed by atoms with Crippen LogP contribution in [-0.2, 0) is 11.2 Å². The number of rotatable bonds is 3. The summed E-state index contributed by atoms with van der Waals surface area (Å²) >= 11 is 3.09. The largest absolute Gasteiger partial charge is 0.377 e. The van der Waals surface area contributed by atoms with Crippen LogP contribution in [0.2, 0.25) is 0 Å². The molecule has 1 aromatic carbocycles. The number of hydrogen-bond acceptors (Lipinski definition) is 1. The summed E-state index contributed by atoms with van der Waals surface area (Å²) in [6.07, 6.45) is 1.73. The molecule has 0 radical (unpaired) electrons. The van der Waals surface area contributed by atoms with Crippen LogP contribution in [0.25, 0.3) is 0 Å². The van der Waals surface area contributed by atoms with Crippen molar-refractivity contribution in [2.45, 2.75) is 17.4 Å². The van der Waals surface area contributed by atoms with Crippen LogP contribution in [-0.4, -0.2) is 17.8 Å². The molecule has 1 aromatic rings. The van der Waals surface area contributed by atoms with Gasteiger partial charge < -0.3 is 4.74 Å². The molecule has 0 saturated carbocycles. The Morgan fingerprint density at radius 1 is 1.40 bits per heavy atom. The molecule has 0 N–H and O–H groups in total. The highest BCUT2D eigenvalue weighted by atomic mass is 79.9. The zero-order valence-electron chi connectivity index (χ0n) is 8.46. The van der Waals surface area contributed by atoms with Crippen LogP contribution >= 0.6 is 15.9 Å². The number of hydrogen-bond donors (Lipinski definition) is 0. The lowest BCUT2D eigenvalue weighted by atomic mass is 9.98. The Morgan fingerprint density at radius 3 is 2.73 bits per heavy atom. The van der Waals surface area contributed by atoms with Crippen LogP contribution in [0, 0.1) is 5.92 Å². The van der Waals surface area contributed by atoms with E-state index in [9.17, 15) is 4.39 Å². The van der Waals surface area contributed by atoms with E-state index in [0.717, 1.165) is 12.8 Å². The summed E-state index contributed by atoms with van der Waals surface area (Å²) in [5, 5.41) is 0. The highest BCUT2D eigenvalue weighted by Gasteiger charge is 2.41. The molecule has 0 spiro atoms. The molecule has 2 atom stereocenters. The molecular weight excluding hydrogens is 259 g/mol. The summed E-state index contributed by atoms with van der Waals surface area (Å²) in [4.78, 5) is 0. The first kappa shape index (κ1) is 11.1. The zero-order valence-corrected chi connectivity index (χ0v) is 10.0. The van der Waals surface area contributed by atoms with Gasteiger partial charge in [0.25, 0.3) is 0 Å². The monoisotopic (exact) mass is 272 g/mol. The van der Waals surface area contributed by atoms with Crippen molar-refractivity contribution in [3.05, 3.63) is 35.9 Å². The maximum absolute atomic E-state index is 13.8. The highest BCUT2D eigenvalue weighted by Crippen LogP contribution is 2.38. The number of benzene rings is 1. The maximum atomic E-state index is 13.8. The summed E-state index contributed by atoms with van der Waals surface area (Å²) < 4.78 is 17.6. The van der Waals surface area contributed by atoms with Crippen molar-refractivity contribution in [2.24, 2.45) is 5.92 Å². The van der Waals surface area contributed by atoms with E-state index < -0.39 is 4.58 Å². The van der Waals surface area contributed by atoms with Crippen LogP contribution in [0.4, 0.5) is 4.39 Å².